The van der Waals surface area contributed by atoms with Crippen molar-refractivity contribution in [3.63, 3.8) is 0 Å². The summed E-state index contributed by atoms with van der Waals surface area (Å²) in [5, 5.41) is 0. The van der Waals surface area contributed by atoms with Crippen LogP contribution in [0.4, 0.5) is 5.69 Å². The third-order valence-electron chi connectivity index (χ3n) is 7.01. The molecule has 1 aliphatic heterocycles. The van der Waals surface area contributed by atoms with Gasteiger partial charge in [0.05, 0.1) is 7.11 Å². The smallest absolute Gasteiger partial charge is 0.348 e. The minimum Gasteiger partial charge on any atom is -0.465 e. The minimum atomic E-state index is -0.239. The second-order valence-electron chi connectivity index (χ2n) is 9.05. The molecule has 0 spiro atoms. The van der Waals surface area contributed by atoms with E-state index in [0.717, 1.165) is 58.5 Å². The quantitative estimate of drug-likeness (QED) is 0.453. The van der Waals surface area contributed by atoms with Gasteiger partial charge in [0.15, 0.2) is 0 Å². The minimum absolute atomic E-state index is 0.239. The number of methoxy groups -OCH3 is 1. The van der Waals surface area contributed by atoms with Crippen molar-refractivity contribution >= 4 is 28.6 Å². The molecule has 0 amide bonds. The number of ether oxygens (including phenoxy) is 1. The molecule has 1 aliphatic carbocycles. The summed E-state index contributed by atoms with van der Waals surface area (Å²) in [7, 11) is 1.48. The number of carbonyl (C=O) groups excluding carboxylic acids is 1. The molecule has 1 aromatic heterocycles. The van der Waals surface area contributed by atoms with Gasteiger partial charge < -0.3 is 10.5 Å². The number of esters is 1. The van der Waals surface area contributed by atoms with Crippen molar-refractivity contribution in [3.05, 3.63) is 46.3 Å². The average molecular weight is 439 g/mol. The highest BCUT2D eigenvalue weighted by Crippen LogP contribution is 2.43. The molecule has 2 aromatic rings. The predicted molar refractivity (Wildman–Crippen MR) is 130 cm³/mol. The zero-order valence-electron chi connectivity index (χ0n) is 18.9. The molecule has 4 nitrogen and oxygen atoms in total. The van der Waals surface area contributed by atoms with Crippen LogP contribution in [-0.2, 0) is 4.74 Å². The van der Waals surface area contributed by atoms with Crippen molar-refractivity contribution in [2.75, 3.05) is 32.5 Å². The number of nitrogens with zero attached hydrogens (tertiary/aromatic N) is 1. The number of hydrogen-bond acceptors (Lipinski definition) is 5. The Morgan fingerprint density at radius 2 is 2.00 bits per heavy atom. The third kappa shape index (κ3) is 4.73. The summed E-state index contributed by atoms with van der Waals surface area (Å²) in [5.74, 6) is 1.21. The van der Waals surface area contributed by atoms with Crippen molar-refractivity contribution in [1.82, 2.24) is 4.90 Å². The second-order valence-corrected chi connectivity index (χ2v) is 10.1. The SMILES string of the molecule is CCN1CCC(c2cc(-c3cccc(N)c3)sc2C(=O)OC)=C(C2CCC(C)CC2)C1. The van der Waals surface area contributed by atoms with Gasteiger partial charge in [-0.05, 0) is 72.6 Å². The molecular weight excluding hydrogens is 404 g/mol. The lowest BCUT2D eigenvalue weighted by Gasteiger charge is -2.37. The summed E-state index contributed by atoms with van der Waals surface area (Å²) in [6.07, 6.45) is 6.12. The number of likely N-dealkylation sites (N-methyl/N-ethyl adjacent to an activating group) is 1. The monoisotopic (exact) mass is 438 g/mol. The number of hydrogen-bond donors (Lipinski definition) is 1. The molecule has 2 heterocycles. The van der Waals surface area contributed by atoms with E-state index in [1.165, 1.54) is 49.7 Å². The van der Waals surface area contributed by atoms with E-state index in [2.05, 4.69) is 30.9 Å². The first kappa shape index (κ1) is 22.1. The van der Waals surface area contributed by atoms with Crippen LogP contribution in [0.15, 0.2) is 35.9 Å². The molecular formula is C26H34N2O2S. The van der Waals surface area contributed by atoms with Crippen LogP contribution >= 0.6 is 11.3 Å². The van der Waals surface area contributed by atoms with E-state index in [4.69, 9.17) is 10.5 Å². The number of anilines is 1. The maximum absolute atomic E-state index is 12.8. The van der Waals surface area contributed by atoms with Crippen LogP contribution in [0.25, 0.3) is 16.0 Å². The second kappa shape index (κ2) is 9.58. The fraction of sp³-hybridized carbons (Fsp3) is 0.500. The van der Waals surface area contributed by atoms with E-state index in [9.17, 15) is 4.79 Å². The summed E-state index contributed by atoms with van der Waals surface area (Å²) in [4.78, 5) is 17.1. The number of nitrogens with two attached hydrogens (primary N) is 1. The fourth-order valence-corrected chi connectivity index (χ4v) is 6.20. The Hall–Kier alpha value is -2.11. The van der Waals surface area contributed by atoms with Gasteiger partial charge in [0, 0.05) is 29.2 Å². The van der Waals surface area contributed by atoms with Crippen molar-refractivity contribution in [1.29, 1.82) is 0 Å². The molecule has 0 atom stereocenters. The van der Waals surface area contributed by atoms with Crippen molar-refractivity contribution in [2.45, 2.75) is 46.0 Å². The van der Waals surface area contributed by atoms with Crippen molar-refractivity contribution in [3.8, 4) is 10.4 Å². The van der Waals surface area contributed by atoms with Crippen LogP contribution < -0.4 is 5.73 Å². The molecule has 0 unspecified atom stereocenters. The fourth-order valence-electron chi connectivity index (χ4n) is 5.10. The summed E-state index contributed by atoms with van der Waals surface area (Å²) < 4.78 is 5.19. The highest BCUT2D eigenvalue weighted by Gasteiger charge is 2.31. The zero-order chi connectivity index (χ0) is 22.0. The van der Waals surface area contributed by atoms with Gasteiger partial charge in [-0.25, -0.2) is 4.79 Å². The molecule has 2 N–H and O–H groups in total. The lowest BCUT2D eigenvalue weighted by atomic mass is 9.75. The summed E-state index contributed by atoms with van der Waals surface area (Å²) in [6.45, 7) is 7.75. The molecule has 0 radical (unpaired) electrons. The summed E-state index contributed by atoms with van der Waals surface area (Å²) >= 11 is 1.53. The molecule has 1 saturated carbocycles. The van der Waals surface area contributed by atoms with E-state index >= 15 is 0 Å². The first-order valence-corrected chi connectivity index (χ1v) is 12.3. The first-order chi connectivity index (χ1) is 15.0. The van der Waals surface area contributed by atoms with Crippen LogP contribution in [0.5, 0.6) is 0 Å². The highest BCUT2D eigenvalue weighted by molar-refractivity contribution is 7.17. The normalized spacial score (nSPS) is 22.5. The summed E-state index contributed by atoms with van der Waals surface area (Å²) in [5.41, 5.74) is 11.8. The number of carbonyl (C=O) groups is 1. The average Bonchev–Trinajstić information content (AvgIpc) is 3.24. The van der Waals surface area contributed by atoms with E-state index < -0.39 is 0 Å². The number of rotatable bonds is 5. The Kier molecular flexibility index (Phi) is 6.83. The van der Waals surface area contributed by atoms with Gasteiger partial charge in [0.25, 0.3) is 0 Å². The maximum atomic E-state index is 12.8. The lowest BCUT2D eigenvalue weighted by Crippen LogP contribution is -2.34. The third-order valence-corrected chi connectivity index (χ3v) is 8.18. The van der Waals surface area contributed by atoms with Crippen LogP contribution in [0.2, 0.25) is 0 Å². The van der Waals surface area contributed by atoms with Crippen molar-refractivity contribution < 1.29 is 9.53 Å². The molecule has 0 saturated heterocycles. The molecule has 1 aromatic carbocycles. The van der Waals surface area contributed by atoms with Crippen molar-refractivity contribution in [2.24, 2.45) is 11.8 Å². The molecule has 166 valence electrons. The number of nitrogen functional groups attached to an aromatic ring is 1. The molecule has 31 heavy (non-hydrogen) atoms. The largest absolute Gasteiger partial charge is 0.465 e. The van der Waals surface area contributed by atoms with E-state index in [1.807, 2.05) is 18.2 Å². The Bertz CT molecular complexity index is 970. The van der Waals surface area contributed by atoms with E-state index in [0.29, 0.717) is 5.92 Å². The van der Waals surface area contributed by atoms with Crippen LogP contribution in [0.1, 0.15) is 61.2 Å². The van der Waals surface area contributed by atoms with Gasteiger partial charge in [-0.15, -0.1) is 11.3 Å². The van der Waals surface area contributed by atoms with E-state index in [-0.39, 0.29) is 5.97 Å². The highest BCUT2D eigenvalue weighted by atomic mass is 32.1. The first-order valence-electron chi connectivity index (χ1n) is 11.5. The van der Waals surface area contributed by atoms with Gasteiger partial charge in [-0.1, -0.05) is 38.8 Å². The van der Waals surface area contributed by atoms with Crippen LogP contribution in [0, 0.1) is 11.8 Å². The van der Waals surface area contributed by atoms with Gasteiger partial charge in [0.2, 0.25) is 0 Å². The topological polar surface area (TPSA) is 55.6 Å². The standard InChI is InChI=1S/C26H34N2O2S/c1-4-28-13-12-21(23(16-28)18-10-8-17(2)9-11-18)22-15-24(31-25(22)26(29)30-3)19-6-5-7-20(27)14-19/h5-7,14-15,17-18H,4,8-13,16,27H2,1-3H3. The summed E-state index contributed by atoms with van der Waals surface area (Å²) in [6, 6.07) is 10.1. The van der Waals surface area contributed by atoms with Crippen LogP contribution in [-0.4, -0.2) is 37.6 Å². The van der Waals surface area contributed by atoms with Gasteiger partial charge in [0.1, 0.15) is 4.88 Å². The molecule has 2 aliphatic rings. The molecule has 0 bridgehead atoms. The number of benzene rings is 1. The maximum Gasteiger partial charge on any atom is 0.348 e. The molecule has 1 fully saturated rings. The van der Waals surface area contributed by atoms with Crippen LogP contribution in [0.3, 0.4) is 0 Å². The Morgan fingerprint density at radius 1 is 1.23 bits per heavy atom. The Morgan fingerprint density at radius 3 is 2.68 bits per heavy atom. The lowest BCUT2D eigenvalue weighted by molar-refractivity contribution is 0.0606. The predicted octanol–water partition coefficient (Wildman–Crippen LogP) is 6.09. The molecule has 4 rings (SSSR count). The Labute approximate surface area is 190 Å². The van der Waals surface area contributed by atoms with Gasteiger partial charge in [-0.2, -0.15) is 0 Å². The number of thiophene rings is 1. The van der Waals surface area contributed by atoms with Gasteiger partial charge in [-0.3, -0.25) is 4.90 Å². The Balaban J connectivity index is 1.81. The zero-order valence-corrected chi connectivity index (χ0v) is 19.8. The van der Waals surface area contributed by atoms with E-state index in [1.54, 1.807) is 5.57 Å². The van der Waals surface area contributed by atoms with Gasteiger partial charge >= 0.3 is 5.97 Å². The molecule has 5 heteroatoms.